The minimum absolute atomic E-state index is 0.0480. The van der Waals surface area contributed by atoms with Gasteiger partial charge in [-0.15, -0.1) is 0 Å². The summed E-state index contributed by atoms with van der Waals surface area (Å²) in [5, 5.41) is 0.202. The van der Waals surface area contributed by atoms with E-state index in [-0.39, 0.29) is 32.0 Å². The van der Waals surface area contributed by atoms with Gasteiger partial charge in [-0.3, -0.25) is 4.57 Å². The fourth-order valence-corrected chi connectivity index (χ4v) is 5.81. The van der Waals surface area contributed by atoms with Crippen LogP contribution < -0.4 is 4.72 Å². The highest BCUT2D eigenvalue weighted by atomic mass is 32.2. The molecule has 0 aliphatic rings. The number of hydrogen-bond acceptors (Lipinski definition) is 6. The van der Waals surface area contributed by atoms with Gasteiger partial charge >= 0.3 is 12.4 Å². The molecule has 0 bridgehead atoms. The molecule has 0 radical (unpaired) electrons. The lowest BCUT2D eigenvalue weighted by molar-refractivity contribution is -0.138. The Bertz CT molecular complexity index is 1570. The lowest BCUT2D eigenvalue weighted by Gasteiger charge is -2.19. The van der Waals surface area contributed by atoms with Crippen molar-refractivity contribution in [3.63, 3.8) is 0 Å². The largest absolute Gasteiger partial charge is 0.416 e. The Kier molecular flexibility index (Phi) is 6.91. The lowest BCUT2D eigenvalue weighted by Crippen LogP contribution is -2.40. The lowest BCUT2D eigenvalue weighted by atomic mass is 10.1. The van der Waals surface area contributed by atoms with E-state index in [1.165, 1.54) is 17.1 Å². The number of nitrogens with one attached hydrogen (secondary N) is 1. The number of imidazole rings is 1. The fourth-order valence-electron chi connectivity index (χ4n) is 3.30. The molecule has 0 aliphatic carbocycles. The van der Waals surface area contributed by atoms with Gasteiger partial charge < -0.3 is 0 Å². The van der Waals surface area contributed by atoms with Crippen LogP contribution in [0.2, 0.25) is 0 Å². The summed E-state index contributed by atoms with van der Waals surface area (Å²) in [5.74, 6) is -0.202. The molecule has 0 aliphatic heterocycles. The molecule has 4 rings (SSSR count). The maximum atomic E-state index is 13.6. The number of aromatic nitrogens is 4. The van der Waals surface area contributed by atoms with Gasteiger partial charge in [0, 0.05) is 17.3 Å². The molecule has 3 aromatic heterocycles. The summed E-state index contributed by atoms with van der Waals surface area (Å²) in [6, 6.07) is 5.10. The van der Waals surface area contributed by atoms with Crippen LogP contribution in [0.4, 0.5) is 26.3 Å². The van der Waals surface area contributed by atoms with Gasteiger partial charge in [0.05, 0.1) is 23.0 Å². The van der Waals surface area contributed by atoms with Gasteiger partial charge in [0.1, 0.15) is 22.8 Å². The molecule has 0 saturated heterocycles. The summed E-state index contributed by atoms with van der Waals surface area (Å²) < 4.78 is 108. The number of sulfonamides is 1. The van der Waals surface area contributed by atoms with Gasteiger partial charge in [-0.1, -0.05) is 23.5 Å². The van der Waals surface area contributed by atoms with Crippen molar-refractivity contribution >= 4 is 21.4 Å². The molecule has 0 unspecified atom stereocenters. The van der Waals surface area contributed by atoms with Gasteiger partial charge in [-0.2, -0.15) is 26.3 Å². The summed E-state index contributed by atoms with van der Waals surface area (Å²) >= 11 is 0.823. The van der Waals surface area contributed by atoms with Gasteiger partial charge in [-0.25, -0.2) is 28.1 Å². The van der Waals surface area contributed by atoms with Crippen molar-refractivity contribution < 1.29 is 34.8 Å². The Morgan fingerprint density at radius 3 is 2.08 bits per heavy atom. The Hall–Kier alpha value is -3.30. The third-order valence-corrected chi connectivity index (χ3v) is 8.14. The Morgan fingerprint density at radius 1 is 0.868 bits per heavy atom. The predicted molar refractivity (Wildman–Crippen MR) is 128 cm³/mol. The molecule has 3 heterocycles. The highest BCUT2D eigenvalue weighted by molar-refractivity contribution is 7.91. The second-order valence-electron chi connectivity index (χ2n) is 9.18. The molecule has 4 aromatic rings. The van der Waals surface area contributed by atoms with E-state index in [2.05, 4.69) is 19.7 Å². The smallest absolute Gasteiger partial charge is 0.290 e. The molecule has 1 N–H and O–H groups in total. The average Bonchev–Trinajstić information content (AvgIpc) is 3.46. The fraction of sp³-hybridized carbons (Fsp3) is 0.261. The average molecular weight is 576 g/mol. The van der Waals surface area contributed by atoms with Gasteiger partial charge in [-0.05, 0) is 45.0 Å². The van der Waals surface area contributed by atoms with Crippen molar-refractivity contribution in [2.24, 2.45) is 0 Å². The molecular weight excluding hydrogens is 556 g/mol. The van der Waals surface area contributed by atoms with Crippen LogP contribution in [0.25, 0.3) is 27.8 Å². The van der Waals surface area contributed by atoms with Crippen LogP contribution in [0.15, 0.2) is 59.3 Å². The van der Waals surface area contributed by atoms with E-state index in [9.17, 15) is 34.8 Å². The highest BCUT2D eigenvalue weighted by Crippen LogP contribution is 2.35. The van der Waals surface area contributed by atoms with Crippen LogP contribution in [-0.2, 0) is 22.4 Å². The first-order valence-electron chi connectivity index (χ1n) is 10.7. The first-order chi connectivity index (χ1) is 17.4. The summed E-state index contributed by atoms with van der Waals surface area (Å²) in [5.41, 5.74) is -2.72. The first kappa shape index (κ1) is 27.7. The molecule has 0 saturated carbocycles. The second kappa shape index (κ2) is 9.47. The van der Waals surface area contributed by atoms with E-state index in [1.54, 1.807) is 20.8 Å². The van der Waals surface area contributed by atoms with Crippen LogP contribution in [-0.4, -0.2) is 33.5 Å². The Labute approximate surface area is 217 Å². The second-order valence-corrected chi connectivity index (χ2v) is 12.1. The van der Waals surface area contributed by atoms with Crippen molar-refractivity contribution in [3.05, 3.63) is 66.2 Å². The number of nitrogens with zero attached hydrogens (tertiary/aromatic N) is 4. The van der Waals surface area contributed by atoms with Crippen molar-refractivity contribution in [1.82, 2.24) is 24.2 Å². The van der Waals surface area contributed by atoms with Gasteiger partial charge in [0.2, 0.25) is 0 Å². The van der Waals surface area contributed by atoms with Gasteiger partial charge in [0.15, 0.2) is 4.21 Å². The minimum Gasteiger partial charge on any atom is -0.290 e. The number of pyridine rings is 1. The van der Waals surface area contributed by atoms with Crippen LogP contribution in [0.3, 0.4) is 0 Å². The van der Waals surface area contributed by atoms with Crippen LogP contribution in [0.5, 0.6) is 0 Å². The van der Waals surface area contributed by atoms with E-state index >= 15 is 0 Å². The van der Waals surface area contributed by atoms with Crippen LogP contribution in [0, 0.1) is 0 Å². The molecule has 202 valence electrons. The van der Waals surface area contributed by atoms with E-state index < -0.39 is 39.0 Å². The third-order valence-electron chi connectivity index (χ3n) is 4.90. The van der Waals surface area contributed by atoms with Crippen LogP contribution in [0.1, 0.15) is 31.9 Å². The molecule has 0 fully saturated rings. The van der Waals surface area contributed by atoms with Crippen LogP contribution >= 0.6 is 11.3 Å². The minimum atomic E-state index is -4.76. The predicted octanol–water partition coefficient (Wildman–Crippen LogP) is 6.17. The maximum Gasteiger partial charge on any atom is 0.416 e. The molecular formula is C23H19F6N5O2S2. The van der Waals surface area contributed by atoms with E-state index in [0.717, 1.165) is 53.9 Å². The molecule has 15 heteroatoms. The first-order valence-corrected chi connectivity index (χ1v) is 13.0. The molecule has 0 spiro atoms. The molecule has 7 nitrogen and oxygen atoms in total. The standard InChI is InChI=1S/C23H19F6N5O2S2/c1-21(2,3)33-38(35,36)19-10-30-20(37-19)17-11-34(12-31-17)18-9-15(23(27,28)29)8-16(32-18)13-4-6-14(7-5-13)22(24,25)26/h4-12,33H,1-3H3. The monoisotopic (exact) mass is 575 g/mol. The molecule has 38 heavy (non-hydrogen) atoms. The zero-order valence-electron chi connectivity index (χ0n) is 19.9. The summed E-state index contributed by atoms with van der Waals surface area (Å²) in [6.45, 7) is 5.03. The Balaban J connectivity index is 1.71. The zero-order chi connectivity index (χ0) is 28.1. The number of rotatable bonds is 5. The van der Waals surface area contributed by atoms with Crippen molar-refractivity contribution in [2.75, 3.05) is 0 Å². The quantitative estimate of drug-likeness (QED) is 0.288. The van der Waals surface area contributed by atoms with Crippen molar-refractivity contribution in [1.29, 1.82) is 0 Å². The number of hydrogen-bond donors (Lipinski definition) is 1. The number of benzene rings is 1. The SMILES string of the molecule is CC(C)(C)NS(=O)(=O)c1cnc(-c2cn(-c3cc(C(F)(F)F)cc(-c4ccc(C(F)(F)F)cc4)n3)cn2)s1. The van der Waals surface area contributed by atoms with E-state index in [4.69, 9.17) is 0 Å². The van der Waals surface area contributed by atoms with Crippen molar-refractivity contribution in [2.45, 2.75) is 42.9 Å². The van der Waals surface area contributed by atoms with E-state index in [0.29, 0.717) is 0 Å². The molecule has 0 amide bonds. The molecule has 0 atom stereocenters. The summed E-state index contributed by atoms with van der Waals surface area (Å²) in [4.78, 5) is 12.4. The topological polar surface area (TPSA) is 89.8 Å². The number of alkyl halides is 6. The Morgan fingerprint density at radius 2 is 1.50 bits per heavy atom. The zero-order valence-corrected chi connectivity index (χ0v) is 21.5. The maximum absolute atomic E-state index is 13.6. The van der Waals surface area contributed by atoms with Gasteiger partial charge in [0.25, 0.3) is 10.0 Å². The third kappa shape index (κ3) is 6.22. The summed E-state index contributed by atoms with van der Waals surface area (Å²) in [6.07, 6.45) is -5.71. The number of thiazole rings is 1. The normalized spacial score (nSPS) is 13.2. The number of halogens is 6. The summed E-state index contributed by atoms with van der Waals surface area (Å²) in [7, 11) is -3.86. The molecule has 1 aromatic carbocycles. The highest BCUT2D eigenvalue weighted by Gasteiger charge is 2.33. The van der Waals surface area contributed by atoms with E-state index in [1.807, 2.05) is 0 Å². The van der Waals surface area contributed by atoms with Crippen molar-refractivity contribution in [3.8, 4) is 27.8 Å².